The molecular formula is C20H22F3N5O2. The minimum Gasteiger partial charge on any atom is -0.339 e. The van der Waals surface area contributed by atoms with Crippen LogP contribution >= 0.6 is 0 Å². The van der Waals surface area contributed by atoms with Crippen LogP contribution in [0.3, 0.4) is 0 Å². The molecule has 0 fully saturated rings. The van der Waals surface area contributed by atoms with Gasteiger partial charge in [0, 0.05) is 24.3 Å². The molecule has 0 saturated heterocycles. The molecule has 2 aromatic heterocycles. The minimum atomic E-state index is -4.47. The highest BCUT2D eigenvalue weighted by atomic mass is 19.4. The number of carbonyl (C=O) groups excluding carboxylic acids is 1. The molecule has 0 saturated carbocycles. The Morgan fingerprint density at radius 2 is 1.93 bits per heavy atom. The van der Waals surface area contributed by atoms with E-state index < -0.39 is 11.7 Å². The molecule has 0 unspecified atom stereocenters. The Kier molecular flexibility index (Phi) is 5.69. The highest BCUT2D eigenvalue weighted by Crippen LogP contribution is 2.31. The predicted molar refractivity (Wildman–Crippen MR) is 103 cm³/mol. The second-order valence-electron chi connectivity index (χ2n) is 7.94. The van der Waals surface area contributed by atoms with Crippen LogP contribution in [0, 0.1) is 6.92 Å². The van der Waals surface area contributed by atoms with Gasteiger partial charge in [0.05, 0.1) is 16.9 Å². The third kappa shape index (κ3) is 5.05. The van der Waals surface area contributed by atoms with E-state index in [1.807, 2.05) is 20.8 Å². The number of carbonyl (C=O) groups is 1. The SMILES string of the molecule is Cc1cc(NC(=O)CCc2nc(C(C)(C)C)no2)n(-c2cccc(C(F)(F)F)c2)n1. The standard InChI is InChI=1S/C20H22F3N5O2/c1-12-10-15(28(26-12)14-7-5-6-13(11-14)20(21,22)23)24-16(29)8-9-17-25-18(27-30-17)19(2,3)4/h5-7,10-11H,8-9H2,1-4H3,(H,24,29). The monoisotopic (exact) mass is 421 g/mol. The van der Waals surface area contributed by atoms with Gasteiger partial charge in [0.1, 0.15) is 5.82 Å². The van der Waals surface area contributed by atoms with Crippen LogP contribution in [0.25, 0.3) is 5.69 Å². The Hall–Kier alpha value is -3.17. The van der Waals surface area contributed by atoms with E-state index in [-0.39, 0.29) is 35.7 Å². The van der Waals surface area contributed by atoms with Crippen molar-refractivity contribution in [3.8, 4) is 5.69 Å². The summed E-state index contributed by atoms with van der Waals surface area (Å²) < 4.78 is 45.5. The lowest BCUT2D eigenvalue weighted by molar-refractivity contribution is -0.137. The number of aromatic nitrogens is 4. The van der Waals surface area contributed by atoms with Crippen LogP contribution in [0.15, 0.2) is 34.9 Å². The Labute approximate surface area is 171 Å². The third-order valence-electron chi connectivity index (χ3n) is 4.22. The van der Waals surface area contributed by atoms with Crippen molar-refractivity contribution in [2.45, 2.75) is 52.1 Å². The first-order valence-corrected chi connectivity index (χ1v) is 9.31. The maximum atomic E-state index is 13.0. The van der Waals surface area contributed by atoms with E-state index in [9.17, 15) is 18.0 Å². The zero-order chi connectivity index (χ0) is 22.1. The van der Waals surface area contributed by atoms with Crippen LogP contribution < -0.4 is 5.32 Å². The molecule has 10 heteroatoms. The summed E-state index contributed by atoms with van der Waals surface area (Å²) in [6.07, 6.45) is -4.16. The number of alkyl halides is 3. The zero-order valence-corrected chi connectivity index (χ0v) is 17.0. The number of nitrogens with one attached hydrogen (secondary N) is 1. The zero-order valence-electron chi connectivity index (χ0n) is 17.0. The lowest BCUT2D eigenvalue weighted by Gasteiger charge is -2.11. The van der Waals surface area contributed by atoms with Crippen molar-refractivity contribution in [3.63, 3.8) is 0 Å². The van der Waals surface area contributed by atoms with Crippen molar-refractivity contribution in [1.82, 2.24) is 19.9 Å². The molecule has 1 N–H and O–H groups in total. The number of halogens is 3. The first-order valence-electron chi connectivity index (χ1n) is 9.31. The number of nitrogens with zero attached hydrogens (tertiary/aromatic N) is 4. The van der Waals surface area contributed by atoms with Gasteiger partial charge in [0.2, 0.25) is 11.8 Å². The second kappa shape index (κ2) is 7.92. The summed E-state index contributed by atoms with van der Waals surface area (Å²) in [4.78, 5) is 16.7. The molecule has 0 radical (unpaired) electrons. The number of hydrogen-bond donors (Lipinski definition) is 1. The summed E-state index contributed by atoms with van der Waals surface area (Å²) in [5, 5.41) is 10.8. The van der Waals surface area contributed by atoms with Crippen molar-refractivity contribution in [2.24, 2.45) is 0 Å². The highest BCUT2D eigenvalue weighted by molar-refractivity contribution is 5.90. The molecular weight excluding hydrogens is 399 g/mol. The van der Waals surface area contributed by atoms with Gasteiger partial charge in [-0.15, -0.1) is 0 Å². The van der Waals surface area contributed by atoms with Crippen molar-refractivity contribution in [1.29, 1.82) is 0 Å². The van der Waals surface area contributed by atoms with E-state index in [0.29, 0.717) is 17.4 Å². The van der Waals surface area contributed by atoms with Gasteiger partial charge in [0.15, 0.2) is 5.82 Å². The molecule has 0 spiro atoms. The predicted octanol–water partition coefficient (Wildman–Crippen LogP) is 4.45. The molecule has 0 bridgehead atoms. The average Bonchev–Trinajstić information content (AvgIpc) is 3.26. The van der Waals surface area contributed by atoms with Gasteiger partial charge in [-0.25, -0.2) is 4.68 Å². The highest BCUT2D eigenvalue weighted by Gasteiger charge is 2.30. The summed E-state index contributed by atoms with van der Waals surface area (Å²) in [5.74, 6) is 0.824. The average molecular weight is 421 g/mol. The largest absolute Gasteiger partial charge is 0.416 e. The van der Waals surface area contributed by atoms with Crippen molar-refractivity contribution < 1.29 is 22.5 Å². The normalized spacial score (nSPS) is 12.2. The minimum absolute atomic E-state index is 0.0681. The molecule has 160 valence electrons. The smallest absolute Gasteiger partial charge is 0.339 e. The Morgan fingerprint density at radius 3 is 2.57 bits per heavy atom. The van der Waals surface area contributed by atoms with E-state index in [0.717, 1.165) is 12.1 Å². The molecule has 0 aliphatic carbocycles. The van der Waals surface area contributed by atoms with Crippen LogP contribution in [-0.4, -0.2) is 25.8 Å². The number of amides is 1. The Balaban J connectivity index is 1.72. The maximum Gasteiger partial charge on any atom is 0.416 e. The van der Waals surface area contributed by atoms with E-state index >= 15 is 0 Å². The fourth-order valence-electron chi connectivity index (χ4n) is 2.69. The first-order chi connectivity index (χ1) is 13.9. The van der Waals surface area contributed by atoms with Crippen molar-refractivity contribution in [2.75, 3.05) is 5.32 Å². The van der Waals surface area contributed by atoms with Gasteiger partial charge < -0.3 is 9.84 Å². The number of benzene rings is 1. The van der Waals surface area contributed by atoms with Gasteiger partial charge in [-0.1, -0.05) is 32.0 Å². The first kappa shape index (κ1) is 21.5. The van der Waals surface area contributed by atoms with Gasteiger partial charge in [-0.05, 0) is 25.1 Å². The van der Waals surface area contributed by atoms with E-state index in [1.54, 1.807) is 13.0 Å². The van der Waals surface area contributed by atoms with Crippen LogP contribution in [0.1, 0.15) is 50.2 Å². The van der Waals surface area contributed by atoms with Crippen LogP contribution in [0.5, 0.6) is 0 Å². The molecule has 1 aromatic carbocycles. The summed E-state index contributed by atoms with van der Waals surface area (Å²) in [6, 6.07) is 6.33. The van der Waals surface area contributed by atoms with E-state index in [2.05, 4.69) is 20.6 Å². The van der Waals surface area contributed by atoms with E-state index in [1.165, 1.54) is 16.8 Å². The molecule has 7 nitrogen and oxygen atoms in total. The van der Waals surface area contributed by atoms with Crippen LogP contribution in [0.4, 0.5) is 19.0 Å². The summed E-state index contributed by atoms with van der Waals surface area (Å²) in [5.41, 5.74) is -0.315. The number of hydrogen-bond acceptors (Lipinski definition) is 5. The lowest BCUT2D eigenvalue weighted by atomic mass is 9.96. The van der Waals surface area contributed by atoms with E-state index in [4.69, 9.17) is 4.52 Å². The third-order valence-corrected chi connectivity index (χ3v) is 4.22. The Morgan fingerprint density at radius 1 is 1.20 bits per heavy atom. The van der Waals surface area contributed by atoms with Gasteiger partial charge in [-0.3, -0.25) is 4.79 Å². The van der Waals surface area contributed by atoms with Crippen LogP contribution in [0.2, 0.25) is 0 Å². The summed E-state index contributed by atoms with van der Waals surface area (Å²) in [6.45, 7) is 7.54. The molecule has 30 heavy (non-hydrogen) atoms. The Bertz CT molecular complexity index is 1050. The number of rotatable bonds is 5. The van der Waals surface area contributed by atoms with Crippen LogP contribution in [-0.2, 0) is 22.8 Å². The number of aryl methyl sites for hydroxylation is 2. The molecule has 3 rings (SSSR count). The molecule has 0 atom stereocenters. The molecule has 2 heterocycles. The quantitative estimate of drug-likeness (QED) is 0.658. The molecule has 0 aliphatic rings. The topological polar surface area (TPSA) is 85.8 Å². The fraction of sp³-hybridized carbons (Fsp3) is 0.400. The van der Waals surface area contributed by atoms with Gasteiger partial charge in [0.25, 0.3) is 0 Å². The number of anilines is 1. The van der Waals surface area contributed by atoms with Crippen molar-refractivity contribution >= 4 is 11.7 Å². The van der Waals surface area contributed by atoms with Gasteiger partial charge >= 0.3 is 6.18 Å². The summed E-state index contributed by atoms with van der Waals surface area (Å²) in [7, 11) is 0. The molecule has 0 aliphatic heterocycles. The fourth-order valence-corrected chi connectivity index (χ4v) is 2.69. The van der Waals surface area contributed by atoms with Gasteiger partial charge in [-0.2, -0.15) is 23.3 Å². The molecule has 1 amide bonds. The summed E-state index contributed by atoms with van der Waals surface area (Å²) >= 11 is 0. The second-order valence-corrected chi connectivity index (χ2v) is 7.94. The lowest BCUT2D eigenvalue weighted by Crippen LogP contribution is -2.16. The van der Waals surface area contributed by atoms with Crippen molar-refractivity contribution in [3.05, 3.63) is 53.3 Å². The molecule has 3 aromatic rings. The maximum absolute atomic E-state index is 13.0.